The Morgan fingerprint density at radius 2 is 2.08 bits per heavy atom. The summed E-state index contributed by atoms with van der Waals surface area (Å²) in [5.74, 6) is -0.405. The number of carbonyl (C=O) groups is 1. The van der Waals surface area contributed by atoms with Gasteiger partial charge in [-0.3, -0.25) is 20.2 Å². The van der Waals surface area contributed by atoms with Crippen LogP contribution in [0.15, 0.2) is 36.4 Å². The molecule has 3 aliphatic rings. The van der Waals surface area contributed by atoms with Gasteiger partial charge in [0.05, 0.1) is 11.1 Å². The molecule has 4 rings (SSSR count). The maximum absolute atomic E-state index is 14.9. The fraction of sp³-hybridized carbons (Fsp3) is 0.471. The summed E-state index contributed by atoms with van der Waals surface area (Å²) in [6, 6.07) is 5.92. The van der Waals surface area contributed by atoms with Crippen molar-refractivity contribution in [2.45, 2.75) is 37.0 Å². The fourth-order valence-corrected chi connectivity index (χ4v) is 4.42. The standard InChI is InChI=1S/C17H19FN4O3/c1-20-9-15(18)21-16(11-5-7-12(8-6-11)22(24)25)19-13-3-2-4-14(23)17(13,21)10-20/h5-9,13,16,19H,2-4,10H2,1H3. The van der Waals surface area contributed by atoms with Crippen molar-refractivity contribution in [1.29, 1.82) is 0 Å². The van der Waals surface area contributed by atoms with Gasteiger partial charge >= 0.3 is 0 Å². The molecule has 2 heterocycles. The van der Waals surface area contributed by atoms with Crippen LogP contribution in [0.5, 0.6) is 0 Å². The number of benzene rings is 1. The summed E-state index contributed by atoms with van der Waals surface area (Å²) < 4.78 is 14.9. The molecule has 0 amide bonds. The maximum atomic E-state index is 14.9. The van der Waals surface area contributed by atoms with Crippen LogP contribution in [-0.2, 0) is 4.79 Å². The molecular weight excluding hydrogens is 327 g/mol. The molecule has 1 saturated carbocycles. The minimum atomic E-state index is -0.918. The fourth-order valence-electron chi connectivity index (χ4n) is 4.42. The lowest BCUT2D eigenvalue weighted by Crippen LogP contribution is -2.65. The van der Waals surface area contributed by atoms with Crippen LogP contribution in [0.4, 0.5) is 10.1 Å². The molecule has 7 nitrogen and oxygen atoms in total. The Morgan fingerprint density at radius 1 is 1.36 bits per heavy atom. The van der Waals surface area contributed by atoms with Crippen molar-refractivity contribution in [3.63, 3.8) is 0 Å². The average molecular weight is 346 g/mol. The number of likely N-dealkylation sites (N-methyl/N-ethyl adjacent to an activating group) is 1. The number of carbonyl (C=O) groups excluding carboxylic acids is 1. The Hall–Kier alpha value is -2.48. The van der Waals surface area contributed by atoms with E-state index in [-0.39, 0.29) is 17.5 Å². The second-order valence-corrected chi connectivity index (χ2v) is 6.95. The molecule has 0 bridgehead atoms. The molecule has 0 radical (unpaired) electrons. The zero-order chi connectivity index (χ0) is 17.8. The summed E-state index contributed by atoms with van der Waals surface area (Å²) >= 11 is 0. The third kappa shape index (κ3) is 2.24. The summed E-state index contributed by atoms with van der Waals surface area (Å²) in [5.41, 5.74) is -0.224. The molecule has 25 heavy (non-hydrogen) atoms. The molecule has 1 aliphatic carbocycles. The van der Waals surface area contributed by atoms with Crippen LogP contribution in [0.1, 0.15) is 31.0 Å². The molecular formula is C17H19FN4O3. The first-order valence-electron chi connectivity index (χ1n) is 8.34. The second-order valence-electron chi connectivity index (χ2n) is 6.95. The van der Waals surface area contributed by atoms with Crippen molar-refractivity contribution >= 4 is 11.5 Å². The number of Topliss-reactive ketones (excluding diaryl/α,β-unsaturated/α-hetero) is 1. The Labute approximate surface area is 144 Å². The van der Waals surface area contributed by atoms with Crippen LogP contribution in [0.3, 0.4) is 0 Å². The number of hydrogen-bond acceptors (Lipinski definition) is 6. The predicted octanol–water partition coefficient (Wildman–Crippen LogP) is 2.07. The van der Waals surface area contributed by atoms with E-state index in [1.807, 2.05) is 0 Å². The third-order valence-corrected chi connectivity index (χ3v) is 5.47. The van der Waals surface area contributed by atoms with Gasteiger partial charge < -0.3 is 9.80 Å². The minimum absolute atomic E-state index is 0.0145. The highest BCUT2D eigenvalue weighted by molar-refractivity contribution is 5.91. The molecule has 0 aromatic heterocycles. The van der Waals surface area contributed by atoms with Crippen LogP contribution in [0, 0.1) is 10.1 Å². The molecule has 8 heteroatoms. The van der Waals surface area contributed by atoms with Crippen molar-refractivity contribution < 1.29 is 14.1 Å². The van der Waals surface area contributed by atoms with Crippen molar-refractivity contribution in [2.75, 3.05) is 13.6 Å². The van der Waals surface area contributed by atoms with E-state index in [0.29, 0.717) is 18.5 Å². The lowest BCUT2D eigenvalue weighted by atomic mass is 9.75. The average Bonchev–Trinajstić information content (AvgIpc) is 2.92. The zero-order valence-electron chi connectivity index (χ0n) is 13.8. The van der Waals surface area contributed by atoms with Gasteiger partial charge in [-0.2, -0.15) is 4.39 Å². The van der Waals surface area contributed by atoms with Gasteiger partial charge in [0.15, 0.2) is 5.78 Å². The van der Waals surface area contributed by atoms with E-state index in [4.69, 9.17) is 0 Å². The van der Waals surface area contributed by atoms with Crippen molar-refractivity contribution in [2.24, 2.45) is 0 Å². The molecule has 2 fully saturated rings. The number of hydrogen-bond donors (Lipinski definition) is 1. The number of ketones is 1. The van der Waals surface area contributed by atoms with E-state index < -0.39 is 22.6 Å². The Morgan fingerprint density at radius 3 is 2.76 bits per heavy atom. The van der Waals surface area contributed by atoms with Crippen molar-refractivity contribution in [1.82, 2.24) is 15.1 Å². The summed E-state index contributed by atoms with van der Waals surface area (Å²) in [5, 5.41) is 14.3. The van der Waals surface area contributed by atoms with Gasteiger partial charge in [-0.25, -0.2) is 0 Å². The number of rotatable bonds is 2. The molecule has 3 atom stereocenters. The molecule has 1 spiro atoms. The smallest absolute Gasteiger partial charge is 0.269 e. The van der Waals surface area contributed by atoms with Gasteiger partial charge in [0.25, 0.3) is 5.69 Å². The monoisotopic (exact) mass is 346 g/mol. The quantitative estimate of drug-likeness (QED) is 0.502. The topological polar surface area (TPSA) is 78.7 Å². The molecule has 132 valence electrons. The van der Waals surface area contributed by atoms with Gasteiger partial charge in [-0.1, -0.05) is 0 Å². The molecule has 1 aromatic carbocycles. The highest BCUT2D eigenvalue weighted by Crippen LogP contribution is 2.47. The van der Waals surface area contributed by atoms with Gasteiger partial charge in [-0.15, -0.1) is 0 Å². The second kappa shape index (κ2) is 5.52. The Bertz CT molecular complexity index is 766. The number of halogens is 1. The highest BCUT2D eigenvalue weighted by Gasteiger charge is 2.61. The summed E-state index contributed by atoms with van der Waals surface area (Å²) in [6.45, 7) is 0.431. The van der Waals surface area contributed by atoms with E-state index in [1.165, 1.54) is 18.3 Å². The predicted molar refractivity (Wildman–Crippen MR) is 88.0 cm³/mol. The summed E-state index contributed by atoms with van der Waals surface area (Å²) in [4.78, 5) is 26.5. The van der Waals surface area contributed by atoms with Crippen LogP contribution in [0.25, 0.3) is 0 Å². The first-order valence-corrected chi connectivity index (χ1v) is 8.34. The van der Waals surface area contributed by atoms with E-state index in [9.17, 15) is 19.3 Å². The largest absolute Gasteiger partial charge is 0.374 e. The summed E-state index contributed by atoms with van der Waals surface area (Å²) in [7, 11) is 1.77. The number of nitro benzene ring substituents is 1. The Kier molecular flexibility index (Phi) is 3.54. The first-order chi connectivity index (χ1) is 11.9. The van der Waals surface area contributed by atoms with E-state index >= 15 is 0 Å². The molecule has 1 aromatic rings. The van der Waals surface area contributed by atoms with E-state index in [0.717, 1.165) is 12.8 Å². The van der Waals surface area contributed by atoms with Gasteiger partial charge in [0.2, 0.25) is 5.95 Å². The van der Waals surface area contributed by atoms with Gasteiger partial charge in [0.1, 0.15) is 11.7 Å². The number of nitro groups is 1. The lowest BCUT2D eigenvalue weighted by molar-refractivity contribution is -0.384. The number of nitrogens with one attached hydrogen (secondary N) is 1. The first kappa shape index (κ1) is 16.0. The molecule has 2 aliphatic heterocycles. The van der Waals surface area contributed by atoms with Gasteiger partial charge in [0, 0.05) is 38.2 Å². The lowest BCUT2D eigenvalue weighted by Gasteiger charge is -2.48. The van der Waals surface area contributed by atoms with Crippen molar-refractivity contribution in [3.05, 3.63) is 52.1 Å². The van der Waals surface area contributed by atoms with Crippen LogP contribution >= 0.6 is 0 Å². The van der Waals surface area contributed by atoms with Gasteiger partial charge in [-0.05, 0) is 30.5 Å². The molecule has 3 unspecified atom stereocenters. The Balaban J connectivity index is 1.78. The summed E-state index contributed by atoms with van der Waals surface area (Å²) in [6.07, 6.45) is 2.91. The van der Waals surface area contributed by atoms with E-state index in [2.05, 4.69) is 5.32 Å². The van der Waals surface area contributed by atoms with Crippen LogP contribution < -0.4 is 5.32 Å². The third-order valence-electron chi connectivity index (χ3n) is 5.47. The zero-order valence-corrected chi connectivity index (χ0v) is 13.8. The minimum Gasteiger partial charge on any atom is -0.374 e. The molecule has 1 saturated heterocycles. The molecule has 1 N–H and O–H groups in total. The van der Waals surface area contributed by atoms with E-state index in [1.54, 1.807) is 29.0 Å². The maximum Gasteiger partial charge on any atom is 0.269 e. The highest BCUT2D eigenvalue weighted by atomic mass is 19.1. The SMILES string of the molecule is CN1C=C(F)N2C(c3ccc([N+](=O)[O-])cc3)NC3CCCC(=O)C32C1. The number of nitrogens with zero attached hydrogens (tertiary/aromatic N) is 3. The van der Waals surface area contributed by atoms with Crippen molar-refractivity contribution in [3.8, 4) is 0 Å². The number of non-ortho nitro benzene ring substituents is 1. The normalized spacial score (nSPS) is 31.4. The van der Waals surface area contributed by atoms with Crippen LogP contribution in [-0.4, -0.2) is 45.7 Å². The van der Waals surface area contributed by atoms with Crippen LogP contribution in [0.2, 0.25) is 0 Å².